The Morgan fingerprint density at radius 1 is 1.03 bits per heavy atom. The SMILES string of the molecule is CCNC(=NCc1ccc2c(c1)OCO2)NCCCS(=O)(=O)Cc1ccccc1. The van der Waals surface area contributed by atoms with Gasteiger partial charge < -0.3 is 20.1 Å². The predicted molar refractivity (Wildman–Crippen MR) is 114 cm³/mol. The van der Waals surface area contributed by atoms with Crippen LogP contribution in [0.4, 0.5) is 0 Å². The second kappa shape index (κ2) is 10.2. The largest absolute Gasteiger partial charge is 0.454 e. The average molecular weight is 418 g/mol. The van der Waals surface area contributed by atoms with Gasteiger partial charge in [-0.3, -0.25) is 0 Å². The van der Waals surface area contributed by atoms with Gasteiger partial charge in [-0.25, -0.2) is 13.4 Å². The molecular weight excluding hydrogens is 390 g/mol. The van der Waals surface area contributed by atoms with Crippen molar-refractivity contribution in [2.75, 3.05) is 25.6 Å². The smallest absolute Gasteiger partial charge is 0.231 e. The van der Waals surface area contributed by atoms with Crippen LogP contribution in [0.2, 0.25) is 0 Å². The molecule has 0 unspecified atom stereocenters. The summed E-state index contributed by atoms with van der Waals surface area (Å²) in [7, 11) is -3.13. The lowest BCUT2D eigenvalue weighted by molar-refractivity contribution is 0.174. The molecule has 2 aromatic carbocycles. The first-order valence-corrected chi connectivity index (χ1v) is 11.5. The summed E-state index contributed by atoms with van der Waals surface area (Å²) >= 11 is 0. The Hall–Kier alpha value is -2.74. The second-order valence-corrected chi connectivity index (χ2v) is 8.92. The molecule has 3 rings (SSSR count). The minimum atomic E-state index is -3.13. The molecule has 0 aliphatic carbocycles. The van der Waals surface area contributed by atoms with Crippen molar-refractivity contribution >= 4 is 15.8 Å². The third-order valence-corrected chi connectivity index (χ3v) is 6.04. The summed E-state index contributed by atoms with van der Waals surface area (Å²) < 4.78 is 35.3. The molecule has 0 atom stereocenters. The van der Waals surface area contributed by atoms with Crippen LogP contribution in [-0.4, -0.2) is 40.0 Å². The maximum absolute atomic E-state index is 12.3. The van der Waals surface area contributed by atoms with Gasteiger partial charge in [-0.15, -0.1) is 0 Å². The van der Waals surface area contributed by atoms with Gasteiger partial charge in [-0.2, -0.15) is 0 Å². The highest BCUT2D eigenvalue weighted by Gasteiger charge is 2.13. The van der Waals surface area contributed by atoms with Crippen LogP contribution in [0.5, 0.6) is 11.5 Å². The number of hydrogen-bond donors (Lipinski definition) is 2. The Kier molecular flexibility index (Phi) is 7.35. The average Bonchev–Trinajstić information content (AvgIpc) is 3.17. The normalized spacial score (nSPS) is 13.3. The summed E-state index contributed by atoms with van der Waals surface area (Å²) in [5.41, 5.74) is 1.83. The third kappa shape index (κ3) is 6.67. The van der Waals surface area contributed by atoms with Crippen LogP contribution >= 0.6 is 0 Å². The lowest BCUT2D eigenvalue weighted by Crippen LogP contribution is -2.38. The van der Waals surface area contributed by atoms with E-state index in [-0.39, 0.29) is 18.3 Å². The van der Waals surface area contributed by atoms with Crippen LogP contribution in [0.25, 0.3) is 0 Å². The highest BCUT2D eigenvalue weighted by Crippen LogP contribution is 2.32. The van der Waals surface area contributed by atoms with Crippen molar-refractivity contribution < 1.29 is 17.9 Å². The number of nitrogens with zero attached hydrogens (tertiary/aromatic N) is 1. The van der Waals surface area contributed by atoms with Gasteiger partial charge in [0.1, 0.15) is 0 Å². The minimum absolute atomic E-state index is 0.0755. The van der Waals surface area contributed by atoms with Crippen LogP contribution in [0.1, 0.15) is 24.5 Å². The fourth-order valence-corrected chi connectivity index (χ4v) is 4.38. The van der Waals surface area contributed by atoms with Crippen LogP contribution in [0, 0.1) is 0 Å². The molecule has 0 amide bonds. The predicted octanol–water partition coefficient (Wildman–Crippen LogP) is 2.48. The van der Waals surface area contributed by atoms with E-state index in [2.05, 4.69) is 15.6 Å². The number of benzene rings is 2. The van der Waals surface area contributed by atoms with E-state index >= 15 is 0 Å². The maximum atomic E-state index is 12.3. The van der Waals surface area contributed by atoms with E-state index < -0.39 is 9.84 Å². The molecule has 0 radical (unpaired) electrons. The molecule has 7 nitrogen and oxygen atoms in total. The molecule has 29 heavy (non-hydrogen) atoms. The molecule has 0 aromatic heterocycles. The molecule has 0 fully saturated rings. The van der Waals surface area contributed by atoms with E-state index in [1.54, 1.807) is 0 Å². The lowest BCUT2D eigenvalue weighted by atomic mass is 10.2. The molecule has 0 saturated heterocycles. The van der Waals surface area contributed by atoms with Gasteiger partial charge in [0, 0.05) is 13.1 Å². The Morgan fingerprint density at radius 2 is 1.83 bits per heavy atom. The van der Waals surface area contributed by atoms with Crippen LogP contribution in [0.15, 0.2) is 53.5 Å². The van der Waals surface area contributed by atoms with Gasteiger partial charge in [0.05, 0.1) is 18.1 Å². The second-order valence-electron chi connectivity index (χ2n) is 6.74. The summed E-state index contributed by atoms with van der Waals surface area (Å²) in [6.45, 7) is 3.97. The first-order chi connectivity index (χ1) is 14.1. The van der Waals surface area contributed by atoms with Crippen LogP contribution < -0.4 is 20.1 Å². The fourth-order valence-electron chi connectivity index (χ4n) is 2.95. The van der Waals surface area contributed by atoms with Gasteiger partial charge >= 0.3 is 0 Å². The van der Waals surface area contributed by atoms with Gasteiger partial charge in [-0.1, -0.05) is 36.4 Å². The zero-order valence-electron chi connectivity index (χ0n) is 16.6. The molecule has 0 saturated carbocycles. The van der Waals surface area contributed by atoms with E-state index in [0.29, 0.717) is 25.5 Å². The quantitative estimate of drug-likeness (QED) is 0.370. The van der Waals surface area contributed by atoms with Crippen molar-refractivity contribution in [2.45, 2.75) is 25.6 Å². The van der Waals surface area contributed by atoms with Crippen molar-refractivity contribution in [3.63, 3.8) is 0 Å². The number of rotatable bonds is 9. The van der Waals surface area contributed by atoms with Crippen LogP contribution in [-0.2, 0) is 22.1 Å². The highest BCUT2D eigenvalue weighted by molar-refractivity contribution is 7.90. The molecule has 1 heterocycles. The number of sulfone groups is 1. The van der Waals surface area contributed by atoms with Crippen molar-refractivity contribution in [3.05, 3.63) is 59.7 Å². The molecule has 2 N–H and O–H groups in total. The lowest BCUT2D eigenvalue weighted by Gasteiger charge is -2.11. The summed E-state index contributed by atoms with van der Waals surface area (Å²) in [5, 5.41) is 6.37. The highest BCUT2D eigenvalue weighted by atomic mass is 32.2. The summed E-state index contributed by atoms with van der Waals surface area (Å²) in [6.07, 6.45) is 0.517. The van der Waals surface area contributed by atoms with Crippen molar-refractivity contribution in [3.8, 4) is 11.5 Å². The number of aliphatic imine (C=N–C) groups is 1. The molecule has 0 bridgehead atoms. The molecular formula is C21H27N3O4S. The van der Waals surface area contributed by atoms with Crippen molar-refractivity contribution in [1.29, 1.82) is 0 Å². The number of fused-ring (bicyclic) bond motifs is 1. The van der Waals surface area contributed by atoms with E-state index in [1.165, 1.54) is 0 Å². The molecule has 8 heteroatoms. The topological polar surface area (TPSA) is 89.0 Å². The van der Waals surface area contributed by atoms with Gasteiger partial charge in [-0.05, 0) is 36.6 Å². The van der Waals surface area contributed by atoms with Crippen LogP contribution in [0.3, 0.4) is 0 Å². The Labute approximate surface area is 172 Å². The van der Waals surface area contributed by atoms with Crippen molar-refractivity contribution in [1.82, 2.24) is 10.6 Å². The number of nitrogens with one attached hydrogen (secondary N) is 2. The molecule has 2 aromatic rings. The van der Waals surface area contributed by atoms with Gasteiger partial charge in [0.2, 0.25) is 6.79 Å². The summed E-state index contributed by atoms with van der Waals surface area (Å²) in [6, 6.07) is 15.0. The van der Waals surface area contributed by atoms with E-state index in [1.807, 2.05) is 55.5 Å². The zero-order chi connectivity index (χ0) is 20.5. The first kappa shape index (κ1) is 21.0. The van der Waals surface area contributed by atoms with Crippen molar-refractivity contribution in [2.24, 2.45) is 4.99 Å². The minimum Gasteiger partial charge on any atom is -0.454 e. The molecule has 1 aliphatic heterocycles. The summed E-state index contributed by atoms with van der Waals surface area (Å²) in [5.74, 6) is 2.35. The van der Waals surface area contributed by atoms with E-state index in [4.69, 9.17) is 9.47 Å². The van der Waals surface area contributed by atoms with Gasteiger partial charge in [0.25, 0.3) is 0 Å². The Balaban J connectivity index is 1.47. The molecule has 0 spiro atoms. The number of hydrogen-bond acceptors (Lipinski definition) is 5. The van der Waals surface area contributed by atoms with E-state index in [9.17, 15) is 8.42 Å². The number of guanidine groups is 1. The van der Waals surface area contributed by atoms with Gasteiger partial charge in [0.15, 0.2) is 27.3 Å². The monoisotopic (exact) mass is 417 g/mol. The maximum Gasteiger partial charge on any atom is 0.231 e. The fraction of sp³-hybridized carbons (Fsp3) is 0.381. The van der Waals surface area contributed by atoms with E-state index in [0.717, 1.165) is 29.2 Å². The Morgan fingerprint density at radius 3 is 2.62 bits per heavy atom. The number of ether oxygens (including phenoxy) is 2. The third-order valence-electron chi connectivity index (χ3n) is 4.35. The zero-order valence-corrected chi connectivity index (χ0v) is 17.4. The first-order valence-electron chi connectivity index (χ1n) is 9.71. The standard InChI is InChI=1S/C21H27N3O4S/c1-2-22-21(24-14-18-9-10-19-20(13-18)28-16-27-19)23-11-6-12-29(25,26)15-17-7-4-3-5-8-17/h3-5,7-10,13H,2,6,11-12,14-16H2,1H3,(H2,22,23,24). The molecule has 156 valence electrons. The molecule has 1 aliphatic rings. The summed E-state index contributed by atoms with van der Waals surface area (Å²) in [4.78, 5) is 4.56. The Bertz CT molecular complexity index is 930.